The topological polar surface area (TPSA) is 24.9 Å². The van der Waals surface area contributed by atoms with Gasteiger partial charge >= 0.3 is 0 Å². The van der Waals surface area contributed by atoms with Crippen molar-refractivity contribution in [2.24, 2.45) is 5.92 Å². The number of aromatic nitrogens is 1. The minimum Gasteiger partial charge on any atom is -0.388 e. The molecule has 0 fully saturated rings. The van der Waals surface area contributed by atoms with Gasteiger partial charge in [0, 0.05) is 23.8 Å². The van der Waals surface area contributed by atoms with E-state index in [9.17, 15) is 0 Å². The number of hydrogen-bond donors (Lipinski definition) is 1. The van der Waals surface area contributed by atoms with Crippen molar-refractivity contribution in [2.75, 3.05) is 12.4 Å². The van der Waals surface area contributed by atoms with Crippen LogP contribution >= 0.6 is 11.6 Å². The second-order valence-electron chi connectivity index (χ2n) is 5.10. The monoisotopic (exact) mass is 262 g/mol. The third kappa shape index (κ3) is 2.44. The zero-order valence-electron chi connectivity index (χ0n) is 11.3. The van der Waals surface area contributed by atoms with Crippen LogP contribution < -0.4 is 5.32 Å². The van der Waals surface area contributed by atoms with Crippen molar-refractivity contribution in [3.8, 4) is 0 Å². The Morgan fingerprint density at radius 1 is 1.33 bits per heavy atom. The summed E-state index contributed by atoms with van der Waals surface area (Å²) in [7, 11) is 1.94. The molecular weight excluding hydrogens is 244 g/mol. The Balaban J connectivity index is 2.71. The van der Waals surface area contributed by atoms with Crippen LogP contribution in [-0.4, -0.2) is 12.0 Å². The van der Waals surface area contributed by atoms with E-state index in [0.29, 0.717) is 5.92 Å². The van der Waals surface area contributed by atoms with Crippen molar-refractivity contribution in [2.45, 2.75) is 27.2 Å². The van der Waals surface area contributed by atoms with E-state index >= 15 is 0 Å². The fraction of sp³-hybridized carbons (Fsp3) is 0.400. The van der Waals surface area contributed by atoms with Crippen molar-refractivity contribution < 1.29 is 0 Å². The van der Waals surface area contributed by atoms with Crippen molar-refractivity contribution >= 4 is 28.2 Å². The van der Waals surface area contributed by atoms with Gasteiger partial charge in [0.25, 0.3) is 0 Å². The van der Waals surface area contributed by atoms with E-state index in [-0.39, 0.29) is 0 Å². The van der Waals surface area contributed by atoms with Gasteiger partial charge in [-0.25, -0.2) is 0 Å². The molecule has 18 heavy (non-hydrogen) atoms. The lowest BCUT2D eigenvalue weighted by Gasteiger charge is -2.13. The van der Waals surface area contributed by atoms with E-state index in [4.69, 9.17) is 16.6 Å². The Morgan fingerprint density at radius 3 is 2.67 bits per heavy atom. The molecule has 0 spiro atoms. The molecule has 1 N–H and O–H groups in total. The normalized spacial score (nSPS) is 11.2. The van der Waals surface area contributed by atoms with Crippen molar-refractivity contribution in [3.63, 3.8) is 0 Å². The Bertz CT molecular complexity index is 576. The van der Waals surface area contributed by atoms with Gasteiger partial charge in [0.15, 0.2) is 0 Å². The summed E-state index contributed by atoms with van der Waals surface area (Å²) in [5.74, 6) is 0.586. The van der Waals surface area contributed by atoms with Crippen LogP contribution in [0.5, 0.6) is 0 Å². The maximum atomic E-state index is 6.28. The molecule has 0 amide bonds. The molecule has 0 aliphatic rings. The van der Waals surface area contributed by atoms with E-state index in [2.05, 4.69) is 32.2 Å². The number of anilines is 1. The Hall–Kier alpha value is -1.28. The number of benzene rings is 1. The largest absolute Gasteiger partial charge is 0.388 e. The van der Waals surface area contributed by atoms with Gasteiger partial charge < -0.3 is 5.32 Å². The molecule has 96 valence electrons. The van der Waals surface area contributed by atoms with E-state index in [0.717, 1.165) is 33.7 Å². The molecule has 2 rings (SSSR count). The highest BCUT2D eigenvalue weighted by Crippen LogP contribution is 2.31. The molecule has 0 atom stereocenters. The average molecular weight is 263 g/mol. The fourth-order valence-corrected chi connectivity index (χ4v) is 2.45. The molecule has 0 radical (unpaired) electrons. The highest BCUT2D eigenvalue weighted by atomic mass is 35.5. The predicted octanol–water partition coefficient (Wildman–Crippen LogP) is 4.44. The molecule has 0 aliphatic heterocycles. The molecule has 0 aliphatic carbocycles. The molecule has 1 heterocycles. The first-order valence-corrected chi connectivity index (χ1v) is 6.67. The number of nitrogens with one attached hydrogen (secondary N) is 1. The van der Waals surface area contributed by atoms with Gasteiger partial charge in [-0.2, -0.15) is 0 Å². The second kappa shape index (κ2) is 5.15. The van der Waals surface area contributed by atoms with Crippen LogP contribution in [0.1, 0.15) is 25.1 Å². The van der Waals surface area contributed by atoms with Crippen molar-refractivity contribution in [3.05, 3.63) is 34.5 Å². The second-order valence-corrected chi connectivity index (χ2v) is 5.50. The van der Waals surface area contributed by atoms with E-state index in [1.54, 1.807) is 0 Å². The number of fused-ring (bicyclic) bond motifs is 1. The van der Waals surface area contributed by atoms with Gasteiger partial charge in [0.05, 0.1) is 10.5 Å². The first-order valence-electron chi connectivity index (χ1n) is 6.29. The van der Waals surface area contributed by atoms with Crippen LogP contribution in [0.4, 0.5) is 5.69 Å². The molecule has 0 saturated heterocycles. The smallest absolute Gasteiger partial charge is 0.0914 e. The van der Waals surface area contributed by atoms with Crippen LogP contribution in [0, 0.1) is 12.8 Å². The highest BCUT2D eigenvalue weighted by molar-refractivity contribution is 6.35. The average Bonchev–Trinajstić information content (AvgIpc) is 2.32. The van der Waals surface area contributed by atoms with Crippen LogP contribution in [-0.2, 0) is 6.42 Å². The summed E-state index contributed by atoms with van der Waals surface area (Å²) in [6.07, 6.45) is 0.967. The van der Waals surface area contributed by atoms with Gasteiger partial charge in [0.2, 0.25) is 0 Å². The lowest BCUT2D eigenvalue weighted by molar-refractivity contribution is 0.637. The molecule has 2 nitrogen and oxygen atoms in total. The summed E-state index contributed by atoms with van der Waals surface area (Å²) >= 11 is 6.28. The van der Waals surface area contributed by atoms with E-state index in [1.165, 1.54) is 5.56 Å². The van der Waals surface area contributed by atoms with Gasteiger partial charge in [0.1, 0.15) is 0 Å². The van der Waals surface area contributed by atoms with E-state index in [1.807, 2.05) is 19.2 Å². The lowest BCUT2D eigenvalue weighted by Crippen LogP contribution is -2.01. The van der Waals surface area contributed by atoms with Gasteiger partial charge in [-0.3, -0.25) is 4.98 Å². The first-order chi connectivity index (χ1) is 8.52. The van der Waals surface area contributed by atoms with Crippen LogP contribution in [0.2, 0.25) is 5.02 Å². The Morgan fingerprint density at radius 2 is 2.06 bits per heavy atom. The SMILES string of the molecule is CNc1cc(CC(C)C)nc2c(Cl)ccc(C)c12. The Labute approximate surface area is 113 Å². The number of pyridine rings is 1. The minimum absolute atomic E-state index is 0.586. The molecule has 0 unspecified atom stereocenters. The quantitative estimate of drug-likeness (QED) is 0.885. The van der Waals surface area contributed by atoms with Gasteiger partial charge in [-0.05, 0) is 37.0 Å². The van der Waals surface area contributed by atoms with Crippen molar-refractivity contribution in [1.29, 1.82) is 0 Å². The molecule has 3 heteroatoms. The molecule has 0 saturated carbocycles. The summed E-state index contributed by atoms with van der Waals surface area (Å²) in [4.78, 5) is 4.71. The summed E-state index contributed by atoms with van der Waals surface area (Å²) in [5.41, 5.74) is 4.30. The summed E-state index contributed by atoms with van der Waals surface area (Å²) in [6.45, 7) is 6.48. The van der Waals surface area contributed by atoms with Crippen molar-refractivity contribution in [1.82, 2.24) is 4.98 Å². The first kappa shape index (κ1) is 13.2. The third-order valence-corrected chi connectivity index (χ3v) is 3.36. The standard InChI is InChI=1S/C15H19ClN2/c1-9(2)7-11-8-13(17-4)14-10(3)5-6-12(16)15(14)18-11/h5-6,8-9H,7H2,1-4H3,(H,17,18). The molecule has 2 aromatic rings. The van der Waals surface area contributed by atoms with Crippen LogP contribution in [0.15, 0.2) is 18.2 Å². The summed E-state index contributed by atoms with van der Waals surface area (Å²) < 4.78 is 0. The summed E-state index contributed by atoms with van der Waals surface area (Å²) in [5, 5.41) is 5.10. The lowest BCUT2D eigenvalue weighted by atomic mass is 10.0. The number of halogens is 1. The van der Waals surface area contributed by atoms with Gasteiger partial charge in [-0.1, -0.05) is 31.5 Å². The number of aryl methyl sites for hydroxylation is 1. The zero-order valence-corrected chi connectivity index (χ0v) is 12.1. The molecule has 1 aromatic carbocycles. The number of rotatable bonds is 3. The molecule has 1 aromatic heterocycles. The predicted molar refractivity (Wildman–Crippen MR) is 79.6 cm³/mol. The van der Waals surface area contributed by atoms with Gasteiger partial charge in [-0.15, -0.1) is 0 Å². The van der Waals surface area contributed by atoms with Crippen LogP contribution in [0.25, 0.3) is 10.9 Å². The van der Waals surface area contributed by atoms with E-state index < -0.39 is 0 Å². The Kier molecular flexibility index (Phi) is 3.76. The minimum atomic E-state index is 0.586. The fourth-order valence-electron chi connectivity index (χ4n) is 2.25. The number of nitrogens with zero attached hydrogens (tertiary/aromatic N) is 1. The summed E-state index contributed by atoms with van der Waals surface area (Å²) in [6, 6.07) is 6.09. The molecule has 0 bridgehead atoms. The van der Waals surface area contributed by atoms with Crippen LogP contribution in [0.3, 0.4) is 0 Å². The number of hydrogen-bond acceptors (Lipinski definition) is 2. The third-order valence-electron chi connectivity index (χ3n) is 3.06. The highest BCUT2D eigenvalue weighted by Gasteiger charge is 2.11. The molecular formula is C15H19ClN2. The maximum absolute atomic E-state index is 6.28. The zero-order chi connectivity index (χ0) is 13.3. The maximum Gasteiger partial charge on any atom is 0.0914 e.